The molecular weight excluding hydrogens is 358 g/mol. The first-order valence-corrected chi connectivity index (χ1v) is 9.36. The van der Waals surface area contributed by atoms with E-state index in [1.807, 2.05) is 43.3 Å². The molecule has 0 fully saturated rings. The van der Waals surface area contributed by atoms with E-state index in [4.69, 9.17) is 19.9 Å². The highest BCUT2D eigenvalue weighted by atomic mass is 16.5. The Bertz CT molecular complexity index is 823. The van der Waals surface area contributed by atoms with Crippen molar-refractivity contribution in [2.45, 2.75) is 19.4 Å². The van der Waals surface area contributed by atoms with Crippen LogP contribution in [0.3, 0.4) is 0 Å². The van der Waals surface area contributed by atoms with Crippen molar-refractivity contribution < 1.29 is 19.0 Å². The molecule has 0 saturated carbocycles. The minimum atomic E-state index is -0.230. The van der Waals surface area contributed by atoms with Crippen LogP contribution in [0.1, 0.15) is 24.1 Å². The Hall–Kier alpha value is -2.93. The molecule has 3 N–H and O–H groups in total. The molecule has 7 heteroatoms. The lowest BCUT2D eigenvalue weighted by Gasteiger charge is -2.37. The summed E-state index contributed by atoms with van der Waals surface area (Å²) < 4.78 is 16.2. The molecule has 1 aliphatic rings. The molecule has 0 aliphatic carbocycles. The number of carbonyl (C=O) groups excluding carboxylic acids is 1. The van der Waals surface area contributed by atoms with Crippen LogP contribution in [0.2, 0.25) is 0 Å². The number of rotatable bonds is 6. The average Bonchev–Trinajstić information content (AvgIpc) is 2.73. The number of nitrogens with zero attached hydrogens (tertiary/aromatic N) is 1. The van der Waals surface area contributed by atoms with Gasteiger partial charge in [-0.2, -0.15) is 0 Å². The summed E-state index contributed by atoms with van der Waals surface area (Å²) in [5, 5.41) is 2.95. The number of nitrogens with two attached hydrogens (primary N) is 1. The van der Waals surface area contributed by atoms with E-state index in [1.165, 1.54) is 0 Å². The molecule has 150 valence electrons. The lowest BCUT2D eigenvalue weighted by molar-refractivity contribution is 0.184. The van der Waals surface area contributed by atoms with Gasteiger partial charge in [-0.15, -0.1) is 0 Å². The van der Waals surface area contributed by atoms with Crippen molar-refractivity contribution in [1.29, 1.82) is 0 Å². The summed E-state index contributed by atoms with van der Waals surface area (Å²) in [6.07, 6.45) is 0.725. The molecule has 28 heavy (non-hydrogen) atoms. The van der Waals surface area contributed by atoms with Gasteiger partial charge < -0.3 is 30.2 Å². The highest BCUT2D eigenvalue weighted by Gasteiger charge is 2.31. The number of fused-ring (bicyclic) bond motifs is 1. The largest absolute Gasteiger partial charge is 0.494 e. The van der Waals surface area contributed by atoms with E-state index < -0.39 is 0 Å². The molecular formula is C21H27N3O4. The fourth-order valence-electron chi connectivity index (χ4n) is 3.52. The van der Waals surface area contributed by atoms with Gasteiger partial charge in [0.05, 0.1) is 26.9 Å². The molecule has 2 aromatic carbocycles. The van der Waals surface area contributed by atoms with E-state index in [0.717, 1.165) is 23.3 Å². The molecule has 0 saturated heterocycles. The zero-order chi connectivity index (χ0) is 20.1. The molecule has 0 radical (unpaired) electrons. The van der Waals surface area contributed by atoms with Crippen LogP contribution < -0.4 is 25.3 Å². The van der Waals surface area contributed by atoms with Crippen LogP contribution in [0.15, 0.2) is 36.4 Å². The zero-order valence-electron chi connectivity index (χ0n) is 16.5. The Kier molecular flexibility index (Phi) is 6.26. The maximum Gasteiger partial charge on any atom is 0.322 e. The first-order valence-electron chi connectivity index (χ1n) is 9.36. The first kappa shape index (κ1) is 19.8. The van der Waals surface area contributed by atoms with Crippen LogP contribution in [-0.4, -0.2) is 44.8 Å². The Balaban J connectivity index is 1.80. The van der Waals surface area contributed by atoms with Gasteiger partial charge in [-0.1, -0.05) is 0 Å². The topological polar surface area (TPSA) is 86.0 Å². The number of ether oxygens (including phenoxy) is 3. The molecule has 0 spiro atoms. The Morgan fingerprint density at radius 3 is 2.46 bits per heavy atom. The second-order valence-corrected chi connectivity index (χ2v) is 6.49. The van der Waals surface area contributed by atoms with Gasteiger partial charge in [0.1, 0.15) is 5.75 Å². The smallest absolute Gasteiger partial charge is 0.322 e. The number of methoxy groups -OCH3 is 2. The predicted molar refractivity (Wildman–Crippen MR) is 108 cm³/mol. The Morgan fingerprint density at radius 2 is 1.86 bits per heavy atom. The number of amides is 2. The van der Waals surface area contributed by atoms with Gasteiger partial charge in [0, 0.05) is 18.8 Å². The molecule has 1 aliphatic heterocycles. The first-order chi connectivity index (χ1) is 13.6. The van der Waals surface area contributed by atoms with E-state index in [9.17, 15) is 4.79 Å². The summed E-state index contributed by atoms with van der Waals surface area (Å²) in [5.74, 6) is 2.09. The van der Waals surface area contributed by atoms with Crippen molar-refractivity contribution in [2.75, 3.05) is 39.2 Å². The minimum absolute atomic E-state index is 0.181. The zero-order valence-corrected chi connectivity index (χ0v) is 16.5. The van der Waals surface area contributed by atoms with Crippen LogP contribution in [0.4, 0.5) is 10.5 Å². The SMILES string of the molecule is CCOc1ccc(NC(=O)N2CCc3cc(OC)c(OC)cc3[C@H]2CN)cc1. The van der Waals surface area contributed by atoms with Crippen LogP contribution in [0, 0.1) is 0 Å². The molecule has 1 atom stereocenters. The van der Waals surface area contributed by atoms with Gasteiger partial charge >= 0.3 is 6.03 Å². The van der Waals surface area contributed by atoms with E-state index in [1.54, 1.807) is 19.1 Å². The number of hydrogen-bond acceptors (Lipinski definition) is 5. The number of urea groups is 1. The van der Waals surface area contributed by atoms with E-state index in [-0.39, 0.29) is 12.1 Å². The van der Waals surface area contributed by atoms with Crippen molar-refractivity contribution >= 4 is 11.7 Å². The summed E-state index contributed by atoms with van der Waals surface area (Å²) in [4.78, 5) is 14.7. The number of nitrogens with one attached hydrogen (secondary N) is 1. The van der Waals surface area contributed by atoms with Gasteiger partial charge in [0.15, 0.2) is 11.5 Å². The maximum absolute atomic E-state index is 12.9. The summed E-state index contributed by atoms with van der Waals surface area (Å²) in [5.41, 5.74) is 8.87. The van der Waals surface area contributed by atoms with Crippen molar-refractivity contribution in [3.8, 4) is 17.2 Å². The summed E-state index contributed by atoms with van der Waals surface area (Å²) in [6.45, 7) is 3.43. The minimum Gasteiger partial charge on any atom is -0.494 e. The molecule has 0 unspecified atom stereocenters. The molecule has 2 amide bonds. The third-order valence-corrected chi connectivity index (χ3v) is 4.90. The number of hydrogen-bond donors (Lipinski definition) is 2. The number of benzene rings is 2. The molecule has 2 aromatic rings. The van der Waals surface area contributed by atoms with Gasteiger partial charge in [-0.3, -0.25) is 0 Å². The van der Waals surface area contributed by atoms with Gasteiger partial charge in [-0.25, -0.2) is 4.79 Å². The highest BCUT2D eigenvalue weighted by Crippen LogP contribution is 2.38. The van der Waals surface area contributed by atoms with Crippen LogP contribution in [-0.2, 0) is 6.42 Å². The van der Waals surface area contributed by atoms with E-state index in [2.05, 4.69) is 5.32 Å². The molecule has 3 rings (SSSR count). The van der Waals surface area contributed by atoms with Gasteiger partial charge in [0.25, 0.3) is 0 Å². The molecule has 7 nitrogen and oxygen atoms in total. The normalized spacial score (nSPS) is 15.6. The Labute approximate surface area is 165 Å². The van der Waals surface area contributed by atoms with Crippen molar-refractivity contribution in [2.24, 2.45) is 5.73 Å². The monoisotopic (exact) mass is 385 g/mol. The lowest BCUT2D eigenvalue weighted by atomic mass is 9.92. The predicted octanol–water partition coefficient (Wildman–Crippen LogP) is 3.19. The number of anilines is 1. The lowest BCUT2D eigenvalue weighted by Crippen LogP contribution is -2.45. The average molecular weight is 385 g/mol. The fourth-order valence-corrected chi connectivity index (χ4v) is 3.52. The van der Waals surface area contributed by atoms with E-state index >= 15 is 0 Å². The summed E-state index contributed by atoms with van der Waals surface area (Å²) >= 11 is 0. The molecule has 0 aromatic heterocycles. The third kappa shape index (κ3) is 3.99. The second kappa shape index (κ2) is 8.84. The second-order valence-electron chi connectivity index (χ2n) is 6.49. The van der Waals surface area contributed by atoms with Crippen molar-refractivity contribution in [3.63, 3.8) is 0 Å². The quantitative estimate of drug-likeness (QED) is 0.798. The Morgan fingerprint density at radius 1 is 1.18 bits per heavy atom. The van der Waals surface area contributed by atoms with Crippen molar-refractivity contribution in [3.05, 3.63) is 47.5 Å². The highest BCUT2D eigenvalue weighted by molar-refractivity contribution is 5.90. The van der Waals surface area contributed by atoms with Crippen LogP contribution in [0.25, 0.3) is 0 Å². The third-order valence-electron chi connectivity index (χ3n) is 4.90. The maximum atomic E-state index is 12.9. The summed E-state index contributed by atoms with van der Waals surface area (Å²) in [6, 6.07) is 10.8. The van der Waals surface area contributed by atoms with Crippen molar-refractivity contribution in [1.82, 2.24) is 4.90 Å². The standard InChI is InChI=1S/C21H27N3O4/c1-4-28-16-7-5-15(6-8-16)23-21(25)24-10-9-14-11-19(26-2)20(27-3)12-17(14)18(24)13-22/h5-8,11-12,18H,4,9-10,13,22H2,1-3H3,(H,23,25)/t18-/m1/s1. The van der Waals surface area contributed by atoms with Crippen LogP contribution >= 0.6 is 0 Å². The fraction of sp³-hybridized carbons (Fsp3) is 0.381. The van der Waals surface area contributed by atoms with Gasteiger partial charge in [0.2, 0.25) is 0 Å². The van der Waals surface area contributed by atoms with Crippen LogP contribution in [0.5, 0.6) is 17.2 Å². The molecule has 0 bridgehead atoms. The van der Waals surface area contributed by atoms with E-state index in [0.29, 0.717) is 36.9 Å². The molecule has 1 heterocycles. The van der Waals surface area contributed by atoms with Gasteiger partial charge in [-0.05, 0) is 60.9 Å². The summed E-state index contributed by atoms with van der Waals surface area (Å²) in [7, 11) is 3.21. The number of carbonyl (C=O) groups is 1.